The molecule has 0 saturated heterocycles. The summed E-state index contributed by atoms with van der Waals surface area (Å²) in [5.41, 5.74) is 9.18. The molecule has 1 heterocycles. The summed E-state index contributed by atoms with van der Waals surface area (Å²) in [7, 11) is 0. The first kappa shape index (κ1) is 11.5. The van der Waals surface area contributed by atoms with E-state index in [1.807, 2.05) is 16.7 Å². The number of aliphatic hydroxyl groups excluding tert-OH is 1. The standard InChI is InChI=1S/C14H19N3O/c1-9-6-7-10-12(8-9)17(14(15)16-10)11-4-2-3-5-13(11)18/h6-8,11,13,18H,2-5H2,1H3,(H2,15,16). The second-order valence-electron chi connectivity index (χ2n) is 5.25. The number of fused-ring (bicyclic) bond motifs is 1. The fraction of sp³-hybridized carbons (Fsp3) is 0.500. The highest BCUT2D eigenvalue weighted by atomic mass is 16.3. The predicted octanol–water partition coefficient (Wildman–Crippen LogP) is 2.40. The fourth-order valence-corrected chi connectivity index (χ4v) is 2.96. The van der Waals surface area contributed by atoms with Gasteiger partial charge in [-0.25, -0.2) is 4.98 Å². The zero-order valence-corrected chi connectivity index (χ0v) is 10.6. The highest BCUT2D eigenvalue weighted by Crippen LogP contribution is 2.33. The van der Waals surface area contributed by atoms with Crippen LogP contribution in [0.2, 0.25) is 0 Å². The van der Waals surface area contributed by atoms with Crippen molar-refractivity contribution < 1.29 is 5.11 Å². The Bertz CT molecular complexity index is 576. The molecule has 0 radical (unpaired) electrons. The van der Waals surface area contributed by atoms with Gasteiger partial charge in [0.2, 0.25) is 5.95 Å². The van der Waals surface area contributed by atoms with Gasteiger partial charge in [0.15, 0.2) is 0 Å². The molecule has 0 bridgehead atoms. The molecule has 1 saturated carbocycles. The highest BCUT2D eigenvalue weighted by Gasteiger charge is 2.27. The molecule has 1 aromatic carbocycles. The Morgan fingerprint density at radius 1 is 1.33 bits per heavy atom. The summed E-state index contributed by atoms with van der Waals surface area (Å²) >= 11 is 0. The van der Waals surface area contributed by atoms with E-state index in [9.17, 15) is 5.11 Å². The maximum atomic E-state index is 10.2. The molecule has 4 heteroatoms. The van der Waals surface area contributed by atoms with Crippen LogP contribution in [0.5, 0.6) is 0 Å². The second-order valence-corrected chi connectivity index (χ2v) is 5.25. The molecule has 2 unspecified atom stereocenters. The van der Waals surface area contributed by atoms with Crippen LogP contribution < -0.4 is 5.73 Å². The Morgan fingerprint density at radius 2 is 2.11 bits per heavy atom. The number of anilines is 1. The number of imidazole rings is 1. The summed E-state index contributed by atoms with van der Waals surface area (Å²) in [5, 5.41) is 10.2. The van der Waals surface area contributed by atoms with Gasteiger partial charge in [-0.2, -0.15) is 0 Å². The van der Waals surface area contributed by atoms with Crippen molar-refractivity contribution in [2.75, 3.05) is 5.73 Å². The van der Waals surface area contributed by atoms with Gasteiger partial charge in [-0.3, -0.25) is 0 Å². The average Bonchev–Trinajstić information content (AvgIpc) is 2.66. The lowest BCUT2D eigenvalue weighted by Gasteiger charge is -2.29. The lowest BCUT2D eigenvalue weighted by molar-refractivity contribution is 0.0783. The van der Waals surface area contributed by atoms with Crippen molar-refractivity contribution in [2.45, 2.75) is 44.8 Å². The van der Waals surface area contributed by atoms with E-state index in [0.717, 1.165) is 36.7 Å². The largest absolute Gasteiger partial charge is 0.391 e. The molecule has 1 fully saturated rings. The van der Waals surface area contributed by atoms with Crippen molar-refractivity contribution in [3.05, 3.63) is 23.8 Å². The monoisotopic (exact) mass is 245 g/mol. The Morgan fingerprint density at radius 3 is 2.89 bits per heavy atom. The maximum absolute atomic E-state index is 10.2. The van der Waals surface area contributed by atoms with Gasteiger partial charge in [0, 0.05) is 0 Å². The number of benzene rings is 1. The Balaban J connectivity index is 2.14. The zero-order chi connectivity index (χ0) is 12.7. The predicted molar refractivity (Wildman–Crippen MR) is 72.4 cm³/mol. The number of aryl methyl sites for hydroxylation is 1. The number of hydrogen-bond donors (Lipinski definition) is 2. The molecule has 0 amide bonds. The van der Waals surface area contributed by atoms with E-state index in [1.54, 1.807) is 0 Å². The van der Waals surface area contributed by atoms with E-state index in [1.165, 1.54) is 5.56 Å². The van der Waals surface area contributed by atoms with Crippen LogP contribution in [0.3, 0.4) is 0 Å². The summed E-state index contributed by atoms with van der Waals surface area (Å²) in [4.78, 5) is 4.39. The normalized spacial score (nSPS) is 24.6. The average molecular weight is 245 g/mol. The van der Waals surface area contributed by atoms with Crippen LogP contribution >= 0.6 is 0 Å². The SMILES string of the molecule is Cc1ccc2nc(N)n(C3CCCCC3O)c2c1. The van der Waals surface area contributed by atoms with Crippen molar-refractivity contribution in [1.82, 2.24) is 9.55 Å². The minimum Gasteiger partial charge on any atom is -0.391 e. The van der Waals surface area contributed by atoms with Crippen LogP contribution in [0.4, 0.5) is 5.95 Å². The molecule has 2 atom stereocenters. The Kier molecular flexibility index (Phi) is 2.74. The molecule has 1 aliphatic rings. The van der Waals surface area contributed by atoms with Crippen molar-refractivity contribution in [2.24, 2.45) is 0 Å². The van der Waals surface area contributed by atoms with E-state index in [0.29, 0.717) is 5.95 Å². The molecule has 96 valence electrons. The van der Waals surface area contributed by atoms with Crippen LogP contribution in [0.1, 0.15) is 37.3 Å². The molecule has 0 spiro atoms. The molecular formula is C14H19N3O. The van der Waals surface area contributed by atoms with Gasteiger partial charge in [0.25, 0.3) is 0 Å². The molecule has 3 N–H and O–H groups in total. The number of hydrogen-bond acceptors (Lipinski definition) is 3. The van der Waals surface area contributed by atoms with Gasteiger partial charge in [-0.1, -0.05) is 18.9 Å². The van der Waals surface area contributed by atoms with Gasteiger partial charge < -0.3 is 15.4 Å². The summed E-state index contributed by atoms with van der Waals surface area (Å²) in [6.07, 6.45) is 3.77. The number of nitrogens with zero attached hydrogens (tertiary/aromatic N) is 2. The molecule has 18 heavy (non-hydrogen) atoms. The Hall–Kier alpha value is -1.55. The van der Waals surface area contributed by atoms with Gasteiger partial charge in [-0.15, -0.1) is 0 Å². The summed E-state index contributed by atoms with van der Waals surface area (Å²) in [6, 6.07) is 6.20. The van der Waals surface area contributed by atoms with Crippen LogP contribution in [0.25, 0.3) is 11.0 Å². The minimum absolute atomic E-state index is 0.0746. The molecule has 3 rings (SSSR count). The van der Waals surface area contributed by atoms with E-state index < -0.39 is 0 Å². The van der Waals surface area contributed by atoms with Gasteiger partial charge in [-0.05, 0) is 37.5 Å². The molecule has 4 nitrogen and oxygen atoms in total. The van der Waals surface area contributed by atoms with Crippen LogP contribution in [-0.2, 0) is 0 Å². The van der Waals surface area contributed by atoms with Gasteiger partial charge in [0.05, 0.1) is 23.2 Å². The quantitative estimate of drug-likeness (QED) is 0.811. The molecule has 1 aliphatic carbocycles. The smallest absolute Gasteiger partial charge is 0.201 e. The molecule has 1 aromatic heterocycles. The van der Waals surface area contributed by atoms with Crippen molar-refractivity contribution in [3.63, 3.8) is 0 Å². The number of nitrogens with two attached hydrogens (primary N) is 1. The maximum Gasteiger partial charge on any atom is 0.201 e. The van der Waals surface area contributed by atoms with Gasteiger partial charge in [0.1, 0.15) is 0 Å². The lowest BCUT2D eigenvalue weighted by atomic mass is 9.92. The van der Waals surface area contributed by atoms with E-state index in [-0.39, 0.29) is 12.1 Å². The van der Waals surface area contributed by atoms with E-state index in [4.69, 9.17) is 5.73 Å². The number of nitrogen functional groups attached to an aromatic ring is 1. The van der Waals surface area contributed by atoms with Crippen molar-refractivity contribution in [3.8, 4) is 0 Å². The van der Waals surface area contributed by atoms with Crippen molar-refractivity contribution in [1.29, 1.82) is 0 Å². The lowest BCUT2D eigenvalue weighted by Crippen LogP contribution is -2.28. The van der Waals surface area contributed by atoms with E-state index in [2.05, 4.69) is 18.0 Å². The van der Waals surface area contributed by atoms with E-state index >= 15 is 0 Å². The minimum atomic E-state index is -0.307. The van der Waals surface area contributed by atoms with Crippen LogP contribution in [0.15, 0.2) is 18.2 Å². The molecular weight excluding hydrogens is 226 g/mol. The first-order valence-electron chi connectivity index (χ1n) is 6.59. The third-order valence-corrected chi connectivity index (χ3v) is 3.90. The third kappa shape index (κ3) is 1.77. The Labute approximate surface area is 106 Å². The molecule has 2 aromatic rings. The third-order valence-electron chi connectivity index (χ3n) is 3.90. The fourth-order valence-electron chi connectivity index (χ4n) is 2.96. The summed E-state index contributed by atoms with van der Waals surface area (Å²) < 4.78 is 2.02. The van der Waals surface area contributed by atoms with Gasteiger partial charge >= 0.3 is 0 Å². The zero-order valence-electron chi connectivity index (χ0n) is 10.6. The summed E-state index contributed by atoms with van der Waals surface area (Å²) in [6.45, 7) is 2.06. The van der Waals surface area contributed by atoms with Crippen molar-refractivity contribution >= 4 is 17.0 Å². The first-order chi connectivity index (χ1) is 8.66. The van der Waals surface area contributed by atoms with Crippen LogP contribution in [0, 0.1) is 6.92 Å². The summed E-state index contributed by atoms with van der Waals surface area (Å²) in [5.74, 6) is 0.515. The number of aliphatic hydroxyl groups is 1. The first-order valence-corrected chi connectivity index (χ1v) is 6.59. The topological polar surface area (TPSA) is 64.1 Å². The highest BCUT2D eigenvalue weighted by molar-refractivity contribution is 5.79. The number of aromatic nitrogens is 2. The van der Waals surface area contributed by atoms with Crippen LogP contribution in [-0.4, -0.2) is 20.8 Å². The second kappa shape index (κ2) is 4.28. The molecule has 0 aliphatic heterocycles. The number of rotatable bonds is 1.